The number of ether oxygens (including phenoxy) is 1. The Bertz CT molecular complexity index is 1190. The van der Waals surface area contributed by atoms with E-state index in [9.17, 15) is 0 Å². The van der Waals surface area contributed by atoms with Crippen LogP contribution < -0.4 is 4.74 Å². The van der Waals surface area contributed by atoms with E-state index in [0.717, 1.165) is 32.7 Å². The second-order valence-electron chi connectivity index (χ2n) is 7.50. The molecule has 0 atom stereocenters. The molecule has 4 aromatic carbocycles. The Morgan fingerprint density at radius 3 is 1.56 bits per heavy atom. The van der Waals surface area contributed by atoms with E-state index in [1.165, 1.54) is 0 Å². The third-order valence-electron chi connectivity index (χ3n) is 5.57. The molecule has 0 aliphatic heterocycles. The van der Waals surface area contributed by atoms with Crippen molar-refractivity contribution in [2.45, 2.75) is 5.41 Å². The predicted octanol–water partition coefficient (Wildman–Crippen LogP) is 7.35. The molecule has 0 unspecified atom stereocenters. The number of imidazole rings is 1. The Morgan fingerprint density at radius 1 is 0.625 bits per heavy atom. The first kappa shape index (κ1) is 20.3. The van der Waals surface area contributed by atoms with Gasteiger partial charge in [0.2, 0.25) is 5.88 Å². The fourth-order valence-electron chi connectivity index (χ4n) is 4.15. The summed E-state index contributed by atoms with van der Waals surface area (Å²) in [5, 5.41) is 0. The predicted molar refractivity (Wildman–Crippen MR) is 131 cm³/mol. The topological polar surface area (TPSA) is 37.9 Å². The Morgan fingerprint density at radius 2 is 1.09 bits per heavy atom. The smallest absolute Gasteiger partial charge is 0.217 e. The average Bonchev–Trinajstić information content (AvgIpc) is 3.32. The summed E-state index contributed by atoms with van der Waals surface area (Å²) in [6, 6.07) is 39.2. The van der Waals surface area contributed by atoms with Crippen molar-refractivity contribution >= 4 is 15.9 Å². The second-order valence-corrected chi connectivity index (χ2v) is 8.42. The van der Waals surface area contributed by atoms with E-state index in [1.54, 1.807) is 6.20 Å². The molecular formula is C28H21BrN2O. The zero-order valence-electron chi connectivity index (χ0n) is 17.3. The zero-order valence-corrected chi connectivity index (χ0v) is 18.9. The molecule has 32 heavy (non-hydrogen) atoms. The first-order valence-electron chi connectivity index (χ1n) is 10.4. The molecule has 156 valence electrons. The molecule has 5 rings (SSSR count). The first-order valence-corrected chi connectivity index (χ1v) is 11.2. The maximum absolute atomic E-state index is 6.08. The Kier molecular flexibility index (Phi) is 5.61. The molecule has 4 heteroatoms. The molecule has 0 spiro atoms. The summed E-state index contributed by atoms with van der Waals surface area (Å²) in [7, 11) is 0. The quantitative estimate of drug-likeness (QED) is 0.258. The minimum atomic E-state index is -0.620. The van der Waals surface area contributed by atoms with Crippen molar-refractivity contribution in [2.24, 2.45) is 0 Å². The van der Waals surface area contributed by atoms with Crippen molar-refractivity contribution in [3.05, 3.63) is 148 Å². The summed E-state index contributed by atoms with van der Waals surface area (Å²) in [5.41, 5.74) is 2.76. The Labute approximate surface area is 195 Å². The van der Waals surface area contributed by atoms with Gasteiger partial charge in [-0.3, -0.25) is 0 Å². The average molecular weight is 481 g/mol. The lowest BCUT2D eigenvalue weighted by Crippen LogP contribution is -2.32. The van der Waals surface area contributed by atoms with Crippen LogP contribution in [0.4, 0.5) is 0 Å². The van der Waals surface area contributed by atoms with Crippen molar-refractivity contribution in [1.82, 2.24) is 9.97 Å². The van der Waals surface area contributed by atoms with E-state index >= 15 is 0 Å². The lowest BCUT2D eigenvalue weighted by molar-refractivity contribution is 0.463. The van der Waals surface area contributed by atoms with Crippen LogP contribution in [0.15, 0.2) is 126 Å². The molecule has 1 aromatic heterocycles. The van der Waals surface area contributed by atoms with Crippen LogP contribution in [0, 0.1) is 0 Å². The molecule has 0 saturated carbocycles. The lowest BCUT2D eigenvalue weighted by Gasteiger charge is -2.34. The van der Waals surface area contributed by atoms with E-state index < -0.39 is 5.41 Å². The van der Waals surface area contributed by atoms with Crippen molar-refractivity contribution in [1.29, 1.82) is 0 Å². The number of aromatic amines is 1. The number of H-pyrrole nitrogens is 1. The number of halogens is 1. The standard InChI is InChI=1S/C28H21BrN2O/c29-24-16-18-25(19-17-24)32-26-20-30-27(31-26)28(21-10-4-1-5-11-21,22-12-6-2-7-13-22)23-14-8-3-9-15-23/h1-20H,(H,30,31). The highest BCUT2D eigenvalue weighted by molar-refractivity contribution is 9.10. The summed E-state index contributed by atoms with van der Waals surface area (Å²) >= 11 is 3.46. The third-order valence-corrected chi connectivity index (χ3v) is 6.10. The molecular weight excluding hydrogens is 460 g/mol. The van der Waals surface area contributed by atoms with Gasteiger partial charge in [-0.25, -0.2) is 4.98 Å². The van der Waals surface area contributed by atoms with E-state index in [1.807, 2.05) is 42.5 Å². The van der Waals surface area contributed by atoms with Gasteiger partial charge in [-0.1, -0.05) is 107 Å². The van der Waals surface area contributed by atoms with Crippen molar-refractivity contribution < 1.29 is 4.74 Å². The fourth-order valence-corrected chi connectivity index (χ4v) is 4.42. The molecule has 0 bridgehead atoms. The minimum Gasteiger partial charge on any atom is -0.439 e. The van der Waals surface area contributed by atoms with Gasteiger partial charge in [0.05, 0.1) is 6.20 Å². The van der Waals surface area contributed by atoms with E-state index in [4.69, 9.17) is 9.72 Å². The van der Waals surface area contributed by atoms with Gasteiger partial charge in [0.25, 0.3) is 0 Å². The van der Waals surface area contributed by atoms with Gasteiger partial charge in [0, 0.05) is 4.47 Å². The molecule has 1 heterocycles. The van der Waals surface area contributed by atoms with Gasteiger partial charge in [-0.2, -0.15) is 0 Å². The molecule has 0 aliphatic rings. The van der Waals surface area contributed by atoms with Gasteiger partial charge in [-0.15, -0.1) is 0 Å². The van der Waals surface area contributed by atoms with E-state index in [0.29, 0.717) is 5.88 Å². The van der Waals surface area contributed by atoms with Gasteiger partial charge in [-0.05, 0) is 41.0 Å². The Hall–Kier alpha value is -3.63. The van der Waals surface area contributed by atoms with E-state index in [-0.39, 0.29) is 0 Å². The molecule has 0 radical (unpaired) electrons. The number of rotatable bonds is 6. The number of benzene rings is 4. The van der Waals surface area contributed by atoms with Crippen LogP contribution in [-0.2, 0) is 5.41 Å². The third kappa shape index (κ3) is 3.74. The monoisotopic (exact) mass is 480 g/mol. The van der Waals surface area contributed by atoms with Gasteiger partial charge >= 0.3 is 0 Å². The van der Waals surface area contributed by atoms with E-state index in [2.05, 4.69) is 93.7 Å². The van der Waals surface area contributed by atoms with Crippen LogP contribution in [0.5, 0.6) is 11.6 Å². The van der Waals surface area contributed by atoms with Gasteiger partial charge < -0.3 is 9.72 Å². The maximum atomic E-state index is 6.08. The molecule has 5 aromatic rings. The minimum absolute atomic E-state index is 0.592. The maximum Gasteiger partial charge on any atom is 0.217 e. The van der Waals surface area contributed by atoms with Crippen molar-refractivity contribution in [2.75, 3.05) is 0 Å². The number of hydrogen-bond donors (Lipinski definition) is 1. The molecule has 0 amide bonds. The number of nitrogens with zero attached hydrogens (tertiary/aromatic N) is 1. The molecule has 0 aliphatic carbocycles. The number of nitrogens with one attached hydrogen (secondary N) is 1. The summed E-state index contributed by atoms with van der Waals surface area (Å²) < 4.78 is 7.08. The number of aromatic nitrogens is 2. The SMILES string of the molecule is Brc1ccc(Oc2cnc(C(c3ccccc3)(c3ccccc3)c3ccccc3)[nH]2)cc1. The van der Waals surface area contributed by atoms with Crippen LogP contribution >= 0.6 is 15.9 Å². The highest BCUT2D eigenvalue weighted by Crippen LogP contribution is 2.44. The highest BCUT2D eigenvalue weighted by Gasteiger charge is 2.41. The van der Waals surface area contributed by atoms with Crippen LogP contribution in [0.25, 0.3) is 0 Å². The summed E-state index contributed by atoms with van der Waals surface area (Å²) in [4.78, 5) is 8.31. The van der Waals surface area contributed by atoms with Gasteiger partial charge in [0.15, 0.2) is 0 Å². The molecule has 0 fully saturated rings. The molecule has 3 nitrogen and oxygen atoms in total. The van der Waals surface area contributed by atoms with Crippen molar-refractivity contribution in [3.8, 4) is 11.6 Å². The summed E-state index contributed by atoms with van der Waals surface area (Å²) in [5.74, 6) is 2.14. The first-order chi connectivity index (χ1) is 15.8. The van der Waals surface area contributed by atoms with Crippen LogP contribution in [0.1, 0.15) is 22.5 Å². The van der Waals surface area contributed by atoms with Crippen LogP contribution in [0.3, 0.4) is 0 Å². The van der Waals surface area contributed by atoms with Crippen LogP contribution in [-0.4, -0.2) is 9.97 Å². The Balaban J connectivity index is 1.70. The van der Waals surface area contributed by atoms with Crippen LogP contribution in [0.2, 0.25) is 0 Å². The molecule has 0 saturated heterocycles. The molecule has 1 N–H and O–H groups in total. The number of hydrogen-bond acceptors (Lipinski definition) is 2. The zero-order chi connectivity index (χ0) is 21.8. The van der Waals surface area contributed by atoms with Crippen molar-refractivity contribution in [3.63, 3.8) is 0 Å². The fraction of sp³-hybridized carbons (Fsp3) is 0.0357. The second kappa shape index (κ2) is 8.85. The lowest BCUT2D eigenvalue weighted by atomic mass is 9.69. The summed E-state index contributed by atoms with van der Waals surface area (Å²) in [6.45, 7) is 0. The largest absolute Gasteiger partial charge is 0.439 e. The highest BCUT2D eigenvalue weighted by atomic mass is 79.9. The normalized spacial score (nSPS) is 11.3. The van der Waals surface area contributed by atoms with Gasteiger partial charge in [0.1, 0.15) is 17.0 Å². The summed E-state index contributed by atoms with van der Waals surface area (Å²) in [6.07, 6.45) is 1.75.